The van der Waals surface area contributed by atoms with Crippen molar-refractivity contribution in [3.05, 3.63) is 71.6 Å². The average molecular weight is 412 g/mol. The molecule has 0 unspecified atom stereocenters. The molecule has 1 aromatic carbocycles. The van der Waals surface area contributed by atoms with Crippen LogP contribution in [0.4, 0.5) is 4.39 Å². The first kappa shape index (κ1) is 18.9. The predicted octanol–water partition coefficient (Wildman–Crippen LogP) is 2.28. The van der Waals surface area contributed by atoms with Gasteiger partial charge in [0.1, 0.15) is 11.5 Å². The third-order valence-electron chi connectivity index (χ3n) is 4.33. The lowest BCUT2D eigenvalue weighted by Crippen LogP contribution is -2.18. The number of hydrogen-bond donors (Lipinski definition) is 1. The van der Waals surface area contributed by atoms with E-state index in [0.717, 1.165) is 11.6 Å². The third-order valence-corrected chi connectivity index (χ3v) is 4.75. The largest absolute Gasteiger partial charge is 0.256 e. The van der Waals surface area contributed by atoms with Crippen molar-refractivity contribution in [1.82, 2.24) is 24.4 Å². The molecule has 0 amide bonds. The van der Waals surface area contributed by atoms with E-state index >= 15 is 0 Å². The SMILES string of the molecule is CC(=NNS(C)(=O)=O)c1ccc2ncc(Cc3cc4cccnc4cc3F)n2n1. The Morgan fingerprint density at radius 3 is 2.86 bits per heavy atom. The molecule has 0 spiro atoms. The lowest BCUT2D eigenvalue weighted by Gasteiger charge is -2.07. The highest BCUT2D eigenvalue weighted by molar-refractivity contribution is 7.88. The number of hydrogen-bond acceptors (Lipinski definition) is 6. The molecule has 4 rings (SSSR count). The van der Waals surface area contributed by atoms with Crippen LogP contribution in [-0.4, -0.2) is 40.0 Å². The molecule has 4 aromatic rings. The van der Waals surface area contributed by atoms with Gasteiger partial charge in [0.05, 0.1) is 29.4 Å². The van der Waals surface area contributed by atoms with Crippen LogP contribution >= 0.6 is 0 Å². The highest BCUT2D eigenvalue weighted by Crippen LogP contribution is 2.20. The Balaban J connectivity index is 1.71. The van der Waals surface area contributed by atoms with E-state index in [2.05, 4.69) is 25.0 Å². The van der Waals surface area contributed by atoms with Crippen molar-refractivity contribution in [2.24, 2.45) is 5.10 Å². The van der Waals surface area contributed by atoms with Gasteiger partial charge in [-0.25, -0.2) is 27.1 Å². The summed E-state index contributed by atoms with van der Waals surface area (Å²) >= 11 is 0. The van der Waals surface area contributed by atoms with Crippen molar-refractivity contribution in [1.29, 1.82) is 0 Å². The molecule has 0 bridgehead atoms. The maximum Gasteiger partial charge on any atom is 0.244 e. The standard InChI is InChI=1S/C19H17FN6O2S/c1-12(23-25-29(2,27)28)17-5-6-19-22-11-15(26(19)24-17)9-14-8-13-4-3-7-21-18(13)10-16(14)20/h3-8,10-11,25H,9H2,1-2H3. The van der Waals surface area contributed by atoms with E-state index in [9.17, 15) is 12.8 Å². The van der Waals surface area contributed by atoms with Gasteiger partial charge in [-0.2, -0.15) is 10.2 Å². The molecule has 0 saturated carbocycles. The van der Waals surface area contributed by atoms with Gasteiger partial charge in [0.15, 0.2) is 5.65 Å². The first-order valence-electron chi connectivity index (χ1n) is 8.68. The van der Waals surface area contributed by atoms with Crippen molar-refractivity contribution in [3.63, 3.8) is 0 Å². The zero-order valence-corrected chi connectivity index (χ0v) is 16.5. The predicted molar refractivity (Wildman–Crippen MR) is 108 cm³/mol. The van der Waals surface area contributed by atoms with E-state index in [0.29, 0.717) is 33.8 Å². The Morgan fingerprint density at radius 1 is 1.24 bits per heavy atom. The maximum atomic E-state index is 14.6. The molecule has 0 aliphatic heterocycles. The highest BCUT2D eigenvalue weighted by Gasteiger charge is 2.12. The van der Waals surface area contributed by atoms with Crippen LogP contribution in [0.25, 0.3) is 16.6 Å². The second-order valence-corrected chi connectivity index (χ2v) is 8.34. The lowest BCUT2D eigenvalue weighted by molar-refractivity contribution is 0.590. The molecule has 0 aliphatic carbocycles. The molecule has 8 nitrogen and oxygen atoms in total. The second-order valence-electron chi connectivity index (χ2n) is 6.62. The van der Waals surface area contributed by atoms with Crippen LogP contribution in [0, 0.1) is 5.82 Å². The van der Waals surface area contributed by atoms with Gasteiger partial charge in [-0.15, -0.1) is 0 Å². The van der Waals surface area contributed by atoms with Crippen LogP contribution in [-0.2, 0) is 16.4 Å². The summed E-state index contributed by atoms with van der Waals surface area (Å²) in [5.41, 5.74) is 3.24. The van der Waals surface area contributed by atoms with Gasteiger partial charge in [0.2, 0.25) is 10.0 Å². The van der Waals surface area contributed by atoms with E-state index in [1.54, 1.807) is 48.1 Å². The molecule has 0 saturated heterocycles. The molecule has 0 aliphatic rings. The molecular formula is C19H17FN6O2S. The molecule has 1 N–H and O–H groups in total. The minimum atomic E-state index is -3.46. The van der Waals surface area contributed by atoms with Crippen molar-refractivity contribution in [2.45, 2.75) is 13.3 Å². The Hall–Kier alpha value is -3.40. The van der Waals surface area contributed by atoms with Crippen LogP contribution < -0.4 is 4.83 Å². The zero-order chi connectivity index (χ0) is 20.6. The Labute approximate surface area is 166 Å². The van der Waals surface area contributed by atoms with Gasteiger partial charge in [-0.1, -0.05) is 6.07 Å². The van der Waals surface area contributed by atoms with Gasteiger partial charge < -0.3 is 0 Å². The molecule has 0 fully saturated rings. The topological polar surface area (TPSA) is 102 Å². The van der Waals surface area contributed by atoms with Gasteiger partial charge in [0.25, 0.3) is 0 Å². The van der Waals surface area contributed by atoms with Crippen molar-refractivity contribution >= 4 is 32.3 Å². The van der Waals surface area contributed by atoms with Crippen molar-refractivity contribution in [3.8, 4) is 0 Å². The molecular weight excluding hydrogens is 395 g/mol. The van der Waals surface area contributed by atoms with Crippen LogP contribution in [0.15, 0.2) is 53.9 Å². The van der Waals surface area contributed by atoms with E-state index in [-0.39, 0.29) is 12.2 Å². The minimum absolute atomic E-state index is 0.284. The molecule has 29 heavy (non-hydrogen) atoms. The first-order valence-corrected chi connectivity index (χ1v) is 10.6. The molecule has 3 heterocycles. The lowest BCUT2D eigenvalue weighted by atomic mass is 10.1. The van der Waals surface area contributed by atoms with Crippen molar-refractivity contribution in [2.75, 3.05) is 6.26 Å². The van der Waals surface area contributed by atoms with Crippen LogP contribution in [0.5, 0.6) is 0 Å². The van der Waals surface area contributed by atoms with Crippen LogP contribution in [0.3, 0.4) is 0 Å². The number of nitrogens with zero attached hydrogens (tertiary/aromatic N) is 5. The summed E-state index contributed by atoms with van der Waals surface area (Å²) in [5, 5.41) is 9.16. The number of pyridine rings is 1. The fraction of sp³-hybridized carbons (Fsp3) is 0.158. The number of halogens is 1. The van der Waals surface area contributed by atoms with E-state index in [1.807, 2.05) is 6.07 Å². The van der Waals surface area contributed by atoms with Crippen LogP contribution in [0.1, 0.15) is 23.9 Å². The number of benzene rings is 1. The third kappa shape index (κ3) is 4.06. The van der Waals surface area contributed by atoms with Gasteiger partial charge in [-0.05, 0) is 36.8 Å². The summed E-state index contributed by atoms with van der Waals surface area (Å²) in [7, 11) is -3.46. The van der Waals surface area contributed by atoms with Crippen molar-refractivity contribution < 1.29 is 12.8 Å². The zero-order valence-electron chi connectivity index (χ0n) is 15.7. The van der Waals surface area contributed by atoms with E-state index in [4.69, 9.17) is 0 Å². The number of imidazole rings is 1. The molecule has 148 valence electrons. The number of nitrogens with one attached hydrogen (secondary N) is 1. The summed E-state index contributed by atoms with van der Waals surface area (Å²) in [6.45, 7) is 1.64. The van der Waals surface area contributed by atoms with Gasteiger partial charge >= 0.3 is 0 Å². The average Bonchev–Trinajstić information content (AvgIpc) is 3.08. The summed E-state index contributed by atoms with van der Waals surface area (Å²) in [5.74, 6) is -0.350. The highest BCUT2D eigenvalue weighted by atomic mass is 32.2. The maximum absolute atomic E-state index is 14.6. The van der Waals surface area contributed by atoms with Gasteiger partial charge in [-0.3, -0.25) is 4.98 Å². The molecule has 10 heteroatoms. The number of sulfonamides is 1. The number of rotatable bonds is 5. The minimum Gasteiger partial charge on any atom is -0.256 e. The molecule has 0 radical (unpaired) electrons. The fourth-order valence-corrected chi connectivity index (χ4v) is 3.22. The summed E-state index contributed by atoms with van der Waals surface area (Å²) < 4.78 is 38.6. The summed E-state index contributed by atoms with van der Waals surface area (Å²) in [6, 6.07) is 10.3. The van der Waals surface area contributed by atoms with E-state index < -0.39 is 10.0 Å². The van der Waals surface area contributed by atoms with E-state index in [1.165, 1.54) is 6.07 Å². The summed E-state index contributed by atoms with van der Waals surface area (Å²) in [4.78, 5) is 10.6. The number of aromatic nitrogens is 4. The monoisotopic (exact) mass is 412 g/mol. The number of hydrazone groups is 1. The fourth-order valence-electron chi connectivity index (χ4n) is 2.92. The molecule has 3 aromatic heterocycles. The van der Waals surface area contributed by atoms with Gasteiger partial charge in [0, 0.05) is 24.1 Å². The Bertz CT molecular complexity index is 1360. The Kier molecular flexibility index (Phi) is 4.71. The number of fused-ring (bicyclic) bond motifs is 2. The smallest absolute Gasteiger partial charge is 0.244 e. The first-order chi connectivity index (χ1) is 13.8. The second kappa shape index (κ2) is 7.21. The molecule has 0 atom stereocenters. The quantitative estimate of drug-likeness (QED) is 0.400. The van der Waals surface area contributed by atoms with Crippen LogP contribution in [0.2, 0.25) is 0 Å². The Morgan fingerprint density at radius 2 is 2.07 bits per heavy atom. The normalized spacial score (nSPS) is 12.6. The summed E-state index contributed by atoms with van der Waals surface area (Å²) in [6.07, 6.45) is 4.56.